The lowest BCUT2D eigenvalue weighted by molar-refractivity contribution is -0.149. The molecule has 1 aliphatic heterocycles. The third kappa shape index (κ3) is 11.9. The van der Waals surface area contributed by atoms with Crippen molar-refractivity contribution >= 4 is 46.7 Å². The molecule has 1 fully saturated rings. The van der Waals surface area contributed by atoms with E-state index in [1.54, 1.807) is 51.1 Å². The number of nitrogens with zero attached hydrogens (tertiary/aromatic N) is 2. The average Bonchev–Trinajstić information content (AvgIpc) is 3.81. The number of aliphatic carboxylic acids is 1. The summed E-state index contributed by atoms with van der Waals surface area (Å²) in [5.41, 5.74) is 1.93. The molecule has 308 valence electrons. The minimum absolute atomic E-state index is 0.0189. The summed E-state index contributed by atoms with van der Waals surface area (Å²) >= 11 is 0. The number of nitrogens with one attached hydrogen (secondary N) is 3. The van der Waals surface area contributed by atoms with Gasteiger partial charge in [0.05, 0.1) is 12.2 Å². The van der Waals surface area contributed by atoms with Gasteiger partial charge in [-0.25, -0.2) is 14.4 Å². The number of aromatic nitrogens is 1. The number of carbonyl (C=O) groups is 6. The molecule has 4 N–H and O–H groups in total. The van der Waals surface area contributed by atoms with Gasteiger partial charge in [-0.2, -0.15) is 0 Å². The quantitative estimate of drug-likeness (QED) is 0.0850. The lowest BCUT2D eigenvalue weighted by Gasteiger charge is -2.29. The van der Waals surface area contributed by atoms with Crippen molar-refractivity contribution in [3.05, 3.63) is 108 Å². The predicted octanol–water partition coefficient (Wildman–Crippen LogP) is 4.93. The average molecular weight is 796 g/mol. The second kappa shape index (κ2) is 19.8. The van der Waals surface area contributed by atoms with E-state index in [4.69, 9.17) is 9.47 Å². The number of para-hydroxylation sites is 1. The molecule has 1 aliphatic rings. The van der Waals surface area contributed by atoms with E-state index in [9.17, 15) is 33.9 Å². The molecule has 2 heterocycles. The van der Waals surface area contributed by atoms with E-state index in [0.29, 0.717) is 31.2 Å². The SMILES string of the molecule is Cn1c(C[C@H](NC(=O)[C@H](CCCCOC(=O)c2ccccc2)NC(=O)OC(C)(C)C)C(=O)N[C@@H](Cc2ccccc2)C(=O)N2CCC[C@@H]2C(=O)O)cc2ccccc21. The maximum Gasteiger partial charge on any atom is 0.408 e. The Kier molecular flexibility index (Phi) is 14.7. The van der Waals surface area contributed by atoms with Crippen LogP contribution in [0.2, 0.25) is 0 Å². The third-order valence-corrected chi connectivity index (χ3v) is 9.95. The number of rotatable bonds is 17. The zero-order valence-electron chi connectivity index (χ0n) is 33.4. The molecule has 3 aromatic carbocycles. The van der Waals surface area contributed by atoms with Crippen molar-refractivity contribution in [3.8, 4) is 0 Å². The second-order valence-electron chi connectivity index (χ2n) is 15.5. The Balaban J connectivity index is 1.38. The van der Waals surface area contributed by atoms with Gasteiger partial charge in [-0.3, -0.25) is 14.4 Å². The molecule has 0 bridgehead atoms. The van der Waals surface area contributed by atoms with Crippen molar-refractivity contribution in [3.63, 3.8) is 0 Å². The van der Waals surface area contributed by atoms with Crippen molar-refractivity contribution in [2.45, 2.75) is 95.5 Å². The summed E-state index contributed by atoms with van der Waals surface area (Å²) < 4.78 is 12.8. The number of benzene rings is 3. The Morgan fingerprint density at radius 2 is 1.43 bits per heavy atom. The van der Waals surface area contributed by atoms with Gasteiger partial charge >= 0.3 is 18.0 Å². The van der Waals surface area contributed by atoms with Crippen molar-refractivity contribution < 1.29 is 43.3 Å². The number of unbranched alkanes of at least 4 members (excludes halogenated alkanes) is 1. The van der Waals surface area contributed by atoms with Gasteiger partial charge in [0, 0.05) is 37.6 Å². The number of esters is 1. The number of likely N-dealkylation sites (tertiary alicyclic amines) is 1. The number of carbonyl (C=O) groups excluding carboxylic acids is 5. The van der Waals surface area contributed by atoms with Crippen LogP contribution in [0.15, 0.2) is 91.0 Å². The van der Waals surface area contributed by atoms with E-state index in [1.807, 2.05) is 72.3 Å². The molecule has 14 nitrogen and oxygen atoms in total. The maximum atomic E-state index is 14.5. The van der Waals surface area contributed by atoms with Gasteiger partial charge in [-0.1, -0.05) is 66.7 Å². The first kappa shape index (κ1) is 43.0. The highest BCUT2D eigenvalue weighted by atomic mass is 16.6. The van der Waals surface area contributed by atoms with Gasteiger partial charge in [-0.15, -0.1) is 0 Å². The van der Waals surface area contributed by atoms with Crippen molar-refractivity contribution in [2.75, 3.05) is 13.2 Å². The predicted molar refractivity (Wildman–Crippen MR) is 217 cm³/mol. The summed E-state index contributed by atoms with van der Waals surface area (Å²) in [6.45, 7) is 5.40. The highest BCUT2D eigenvalue weighted by molar-refractivity contribution is 5.95. The monoisotopic (exact) mass is 795 g/mol. The fourth-order valence-electron chi connectivity index (χ4n) is 7.03. The number of amides is 4. The lowest BCUT2D eigenvalue weighted by atomic mass is 10.0. The van der Waals surface area contributed by atoms with Crippen LogP contribution in [0.5, 0.6) is 0 Å². The van der Waals surface area contributed by atoms with Gasteiger partial charge in [0.25, 0.3) is 0 Å². The van der Waals surface area contributed by atoms with E-state index < -0.39 is 65.5 Å². The van der Waals surface area contributed by atoms with Crippen LogP contribution in [0.25, 0.3) is 10.9 Å². The fourth-order valence-corrected chi connectivity index (χ4v) is 7.03. The van der Waals surface area contributed by atoms with E-state index in [0.717, 1.165) is 22.2 Å². The number of alkyl carbamates (subject to hydrolysis) is 1. The van der Waals surface area contributed by atoms with Gasteiger partial charge in [-0.05, 0) is 88.1 Å². The summed E-state index contributed by atoms with van der Waals surface area (Å²) in [6, 6.07) is 22.7. The lowest BCUT2D eigenvalue weighted by Crippen LogP contribution is -2.59. The molecule has 14 heteroatoms. The van der Waals surface area contributed by atoms with Crippen LogP contribution in [-0.2, 0) is 48.5 Å². The number of fused-ring (bicyclic) bond motifs is 1. The van der Waals surface area contributed by atoms with Crippen molar-refractivity contribution in [1.29, 1.82) is 0 Å². The summed E-state index contributed by atoms with van der Waals surface area (Å²) in [5.74, 6) is -3.45. The van der Waals surface area contributed by atoms with E-state index in [2.05, 4.69) is 16.0 Å². The maximum absolute atomic E-state index is 14.5. The van der Waals surface area contributed by atoms with Gasteiger partial charge < -0.3 is 40.0 Å². The van der Waals surface area contributed by atoms with Crippen LogP contribution >= 0.6 is 0 Å². The molecule has 0 aliphatic carbocycles. The molecule has 0 saturated carbocycles. The molecule has 4 amide bonds. The third-order valence-electron chi connectivity index (χ3n) is 9.95. The Bertz CT molecular complexity index is 2060. The standard InChI is InChI=1S/C44H53N5O9/c1-44(2,3)58-43(56)47-33(21-13-14-25-57-42(55)30-18-9-6-10-19-30)38(50)45-34(28-32-27-31-20-11-12-22-36(31)48(32)4)39(51)46-35(26-29-16-7-5-8-17-29)40(52)49-24-15-23-37(49)41(53)54/h5-12,16-20,22,27,33-35,37H,13-15,21,23-26,28H2,1-4H3,(H,45,50)(H,46,51)(H,47,56)(H,53,54)/t33-,34-,35-,37+/m0/s1. The molecule has 0 radical (unpaired) electrons. The molecule has 1 saturated heterocycles. The summed E-state index contributed by atoms with van der Waals surface area (Å²) in [5, 5.41) is 19.2. The summed E-state index contributed by atoms with van der Waals surface area (Å²) in [6.07, 6.45) is 0.955. The summed E-state index contributed by atoms with van der Waals surface area (Å²) in [4.78, 5) is 81.6. The number of hydrogen-bond donors (Lipinski definition) is 4. The van der Waals surface area contributed by atoms with Crippen LogP contribution in [-0.4, -0.2) is 93.2 Å². The molecule has 0 spiro atoms. The van der Waals surface area contributed by atoms with Crippen LogP contribution in [0.4, 0.5) is 4.79 Å². The Hall–Kier alpha value is -6.18. The van der Waals surface area contributed by atoms with Crippen LogP contribution in [0.3, 0.4) is 0 Å². The molecular weight excluding hydrogens is 743 g/mol. The second-order valence-corrected chi connectivity index (χ2v) is 15.5. The molecule has 4 aromatic rings. The van der Waals surface area contributed by atoms with Gasteiger partial charge in [0.2, 0.25) is 17.7 Å². The van der Waals surface area contributed by atoms with Crippen LogP contribution in [0, 0.1) is 0 Å². The number of aryl methyl sites for hydroxylation is 1. The number of carboxylic acid groups (broad SMARTS) is 1. The zero-order chi connectivity index (χ0) is 41.8. The first-order chi connectivity index (χ1) is 27.7. The zero-order valence-corrected chi connectivity index (χ0v) is 33.4. The van der Waals surface area contributed by atoms with E-state index in [1.165, 1.54) is 4.90 Å². The van der Waals surface area contributed by atoms with Gasteiger partial charge in [0.15, 0.2) is 0 Å². The van der Waals surface area contributed by atoms with Crippen molar-refractivity contribution in [1.82, 2.24) is 25.4 Å². The molecule has 1 aromatic heterocycles. The molecule has 0 unspecified atom stereocenters. The molecular formula is C44H53N5O9. The normalized spacial score (nSPS) is 15.5. The van der Waals surface area contributed by atoms with E-state index >= 15 is 0 Å². The fraction of sp³-hybridized carbons (Fsp3) is 0.409. The highest BCUT2D eigenvalue weighted by Crippen LogP contribution is 2.22. The van der Waals surface area contributed by atoms with Gasteiger partial charge in [0.1, 0.15) is 29.8 Å². The molecule has 4 atom stereocenters. The highest BCUT2D eigenvalue weighted by Gasteiger charge is 2.39. The molecule has 5 rings (SSSR count). The van der Waals surface area contributed by atoms with Crippen molar-refractivity contribution in [2.24, 2.45) is 7.05 Å². The minimum atomic E-state index is -1.23. The number of hydrogen-bond acceptors (Lipinski definition) is 8. The Morgan fingerprint density at radius 3 is 2.10 bits per heavy atom. The first-order valence-electron chi connectivity index (χ1n) is 19.6. The topological polar surface area (TPSA) is 185 Å². The van der Waals surface area contributed by atoms with E-state index in [-0.39, 0.29) is 32.4 Å². The van der Waals surface area contributed by atoms with Crippen LogP contribution in [0.1, 0.15) is 74.5 Å². The Labute approximate surface area is 338 Å². The Morgan fingerprint density at radius 1 is 0.793 bits per heavy atom. The smallest absolute Gasteiger partial charge is 0.408 e. The number of carboxylic acids is 1. The minimum Gasteiger partial charge on any atom is -0.480 e. The first-order valence-corrected chi connectivity index (χ1v) is 19.6. The number of ether oxygens (including phenoxy) is 2. The van der Waals surface area contributed by atoms with Crippen LogP contribution < -0.4 is 16.0 Å². The largest absolute Gasteiger partial charge is 0.480 e. The summed E-state index contributed by atoms with van der Waals surface area (Å²) in [7, 11) is 1.85. The molecule has 58 heavy (non-hydrogen) atoms.